The van der Waals surface area contributed by atoms with Gasteiger partial charge in [0.1, 0.15) is 5.82 Å². The van der Waals surface area contributed by atoms with Crippen molar-refractivity contribution >= 4 is 22.3 Å². The molecule has 0 unspecified atom stereocenters. The molecule has 0 amide bonds. The lowest BCUT2D eigenvalue weighted by atomic mass is 10.1. The molecule has 4 rings (SSSR count). The fourth-order valence-corrected chi connectivity index (χ4v) is 2.97. The average Bonchev–Trinajstić information content (AvgIpc) is 3.20. The lowest BCUT2D eigenvalue weighted by molar-refractivity contribution is 0.625. The summed E-state index contributed by atoms with van der Waals surface area (Å²) >= 11 is 0. The number of nitrogens with one attached hydrogen (secondary N) is 2. The molecule has 0 spiro atoms. The molecule has 0 atom stereocenters. The molecule has 4 aromatic rings. The van der Waals surface area contributed by atoms with Crippen LogP contribution in [0.5, 0.6) is 0 Å². The molecular weight excluding hydrogens is 303 g/mol. The summed E-state index contributed by atoms with van der Waals surface area (Å²) in [4.78, 5) is 5.39. The van der Waals surface area contributed by atoms with Gasteiger partial charge in [-0.1, -0.05) is 12.1 Å². The van der Waals surface area contributed by atoms with Gasteiger partial charge in [-0.05, 0) is 48.9 Å². The topological polar surface area (TPSA) is 47.7 Å². The van der Waals surface area contributed by atoms with Crippen LogP contribution in [0.1, 0.15) is 11.3 Å². The van der Waals surface area contributed by atoms with E-state index in [0.717, 1.165) is 33.5 Å². The largest absolute Gasteiger partial charge is 0.363 e. The summed E-state index contributed by atoms with van der Waals surface area (Å²) in [6.45, 7) is 2.62. The van der Waals surface area contributed by atoms with Gasteiger partial charge in [-0.2, -0.15) is 5.10 Å². The highest BCUT2D eigenvalue weighted by Crippen LogP contribution is 2.31. The van der Waals surface area contributed by atoms with Crippen LogP contribution in [0.25, 0.3) is 10.9 Å². The molecular formula is C19H17FN4. The molecule has 0 aliphatic carbocycles. The van der Waals surface area contributed by atoms with Crippen LogP contribution in [-0.4, -0.2) is 15.2 Å². The molecule has 4 nitrogen and oxygen atoms in total. The number of fused-ring (bicyclic) bond motifs is 1. The first-order valence-electron chi connectivity index (χ1n) is 7.80. The molecule has 2 aromatic carbocycles. The van der Waals surface area contributed by atoms with Crippen molar-refractivity contribution in [3.63, 3.8) is 0 Å². The second-order valence-corrected chi connectivity index (χ2v) is 5.85. The molecule has 0 saturated carbocycles. The number of aromatic amines is 2. The predicted octanol–water partition coefficient (Wildman–Crippen LogP) is 4.68. The molecule has 0 fully saturated rings. The summed E-state index contributed by atoms with van der Waals surface area (Å²) in [7, 11) is 0. The van der Waals surface area contributed by atoms with Crippen LogP contribution in [0.15, 0.2) is 60.9 Å². The maximum Gasteiger partial charge on any atom is 0.123 e. The summed E-state index contributed by atoms with van der Waals surface area (Å²) in [6, 6.07) is 14.9. The first-order chi connectivity index (χ1) is 11.7. The quantitative estimate of drug-likeness (QED) is 0.574. The number of aryl methyl sites for hydroxylation is 1. The fraction of sp³-hybridized carbons (Fsp3) is 0.105. The Morgan fingerprint density at radius 1 is 1.12 bits per heavy atom. The standard InChI is InChI=1S/C19H17FN4/c1-13-19(7-8-21-13)24(12-14-3-2-4-16(20)9-14)17-5-6-18-15(10-17)11-22-23-18/h2-11,21H,12H2,1H3,(H,22,23). The number of rotatable bonds is 4. The van der Waals surface area contributed by atoms with Gasteiger partial charge in [-0.25, -0.2) is 4.39 Å². The van der Waals surface area contributed by atoms with Gasteiger partial charge in [0.15, 0.2) is 0 Å². The van der Waals surface area contributed by atoms with Crippen LogP contribution < -0.4 is 4.90 Å². The van der Waals surface area contributed by atoms with Crippen LogP contribution in [0.2, 0.25) is 0 Å². The second kappa shape index (κ2) is 5.85. The summed E-state index contributed by atoms with van der Waals surface area (Å²) in [5, 5.41) is 8.09. The van der Waals surface area contributed by atoms with Crippen molar-refractivity contribution in [3.05, 3.63) is 78.0 Å². The zero-order valence-electron chi connectivity index (χ0n) is 13.3. The van der Waals surface area contributed by atoms with E-state index in [-0.39, 0.29) is 5.82 Å². The number of hydrogen-bond donors (Lipinski definition) is 2. The molecule has 120 valence electrons. The van der Waals surface area contributed by atoms with E-state index in [9.17, 15) is 4.39 Å². The number of aromatic nitrogens is 3. The van der Waals surface area contributed by atoms with Crippen LogP contribution in [0.3, 0.4) is 0 Å². The molecule has 0 aliphatic rings. The van der Waals surface area contributed by atoms with Crippen molar-refractivity contribution in [1.29, 1.82) is 0 Å². The number of halogens is 1. The monoisotopic (exact) mass is 320 g/mol. The maximum atomic E-state index is 13.6. The van der Waals surface area contributed by atoms with Crippen LogP contribution >= 0.6 is 0 Å². The number of nitrogens with zero attached hydrogens (tertiary/aromatic N) is 2. The first-order valence-corrected chi connectivity index (χ1v) is 7.80. The summed E-state index contributed by atoms with van der Waals surface area (Å²) < 4.78 is 13.6. The van der Waals surface area contributed by atoms with Crippen LogP contribution in [-0.2, 0) is 6.54 Å². The number of benzene rings is 2. The number of hydrogen-bond acceptors (Lipinski definition) is 2. The molecule has 5 heteroatoms. The van der Waals surface area contributed by atoms with Gasteiger partial charge in [0.25, 0.3) is 0 Å². The Kier molecular flexibility index (Phi) is 3.54. The fourth-order valence-electron chi connectivity index (χ4n) is 2.97. The molecule has 0 aliphatic heterocycles. The van der Waals surface area contributed by atoms with Gasteiger partial charge >= 0.3 is 0 Å². The van der Waals surface area contributed by atoms with Gasteiger partial charge in [0, 0.05) is 29.5 Å². The molecule has 2 aromatic heterocycles. The molecule has 0 radical (unpaired) electrons. The maximum absolute atomic E-state index is 13.6. The van der Waals surface area contributed by atoms with E-state index >= 15 is 0 Å². The summed E-state index contributed by atoms with van der Waals surface area (Å²) in [5.74, 6) is -0.219. The van der Waals surface area contributed by atoms with Crippen molar-refractivity contribution < 1.29 is 4.39 Å². The lowest BCUT2D eigenvalue weighted by Gasteiger charge is -2.25. The molecule has 24 heavy (non-hydrogen) atoms. The molecule has 0 saturated heterocycles. The van der Waals surface area contributed by atoms with Crippen molar-refractivity contribution in [2.75, 3.05) is 4.90 Å². The van der Waals surface area contributed by atoms with Gasteiger partial charge in [-0.15, -0.1) is 0 Å². The SMILES string of the molecule is Cc1[nH]ccc1N(Cc1cccc(F)c1)c1ccc2[nH]ncc2c1. The van der Waals surface area contributed by atoms with Crippen LogP contribution in [0.4, 0.5) is 15.8 Å². The Bertz CT molecular complexity index is 986. The van der Waals surface area contributed by atoms with Crippen molar-refractivity contribution in [2.24, 2.45) is 0 Å². The predicted molar refractivity (Wildman–Crippen MR) is 93.9 cm³/mol. The minimum absolute atomic E-state index is 0.219. The average molecular weight is 320 g/mol. The van der Waals surface area contributed by atoms with Crippen molar-refractivity contribution in [1.82, 2.24) is 15.2 Å². The third kappa shape index (κ3) is 2.65. The minimum Gasteiger partial charge on any atom is -0.363 e. The van der Waals surface area contributed by atoms with Gasteiger partial charge in [0.05, 0.1) is 17.4 Å². The van der Waals surface area contributed by atoms with E-state index in [1.54, 1.807) is 12.1 Å². The van der Waals surface area contributed by atoms with Crippen molar-refractivity contribution in [2.45, 2.75) is 13.5 Å². The van der Waals surface area contributed by atoms with E-state index in [2.05, 4.69) is 26.1 Å². The Morgan fingerprint density at radius 2 is 2.04 bits per heavy atom. The van der Waals surface area contributed by atoms with E-state index in [1.807, 2.05) is 43.6 Å². The highest BCUT2D eigenvalue weighted by atomic mass is 19.1. The van der Waals surface area contributed by atoms with Gasteiger partial charge in [0.2, 0.25) is 0 Å². The molecule has 0 bridgehead atoms. The summed E-state index contributed by atoms with van der Waals surface area (Å²) in [5.41, 5.74) is 5.09. The molecule has 2 heterocycles. The molecule has 2 N–H and O–H groups in total. The van der Waals surface area contributed by atoms with Gasteiger partial charge in [-0.3, -0.25) is 5.10 Å². The Hall–Kier alpha value is -3.08. The zero-order chi connectivity index (χ0) is 16.5. The first kappa shape index (κ1) is 14.5. The Labute approximate surface area is 138 Å². The lowest BCUT2D eigenvalue weighted by Crippen LogP contribution is -2.17. The van der Waals surface area contributed by atoms with E-state index in [4.69, 9.17) is 0 Å². The van der Waals surface area contributed by atoms with E-state index in [1.165, 1.54) is 6.07 Å². The Balaban J connectivity index is 1.79. The zero-order valence-corrected chi connectivity index (χ0v) is 13.3. The second-order valence-electron chi connectivity index (χ2n) is 5.85. The highest BCUT2D eigenvalue weighted by molar-refractivity contribution is 5.83. The summed E-state index contributed by atoms with van der Waals surface area (Å²) in [6.07, 6.45) is 3.72. The van der Waals surface area contributed by atoms with Crippen LogP contribution in [0, 0.1) is 12.7 Å². The third-order valence-electron chi connectivity index (χ3n) is 4.18. The number of H-pyrrole nitrogens is 2. The van der Waals surface area contributed by atoms with E-state index < -0.39 is 0 Å². The van der Waals surface area contributed by atoms with Gasteiger partial charge < -0.3 is 9.88 Å². The van der Waals surface area contributed by atoms with Crippen molar-refractivity contribution in [3.8, 4) is 0 Å². The Morgan fingerprint density at radius 3 is 2.83 bits per heavy atom. The minimum atomic E-state index is -0.219. The number of anilines is 2. The van der Waals surface area contributed by atoms with E-state index in [0.29, 0.717) is 6.54 Å². The third-order valence-corrected chi connectivity index (χ3v) is 4.18. The highest BCUT2D eigenvalue weighted by Gasteiger charge is 2.14. The normalized spacial score (nSPS) is 11.1. The smallest absolute Gasteiger partial charge is 0.123 e.